The van der Waals surface area contributed by atoms with Gasteiger partial charge in [-0.05, 0) is 22.1 Å². The molecule has 200 valence electrons. The van der Waals surface area contributed by atoms with E-state index in [1.165, 1.54) is 41.4 Å². The van der Waals surface area contributed by atoms with Crippen molar-refractivity contribution in [2.24, 2.45) is 12.2 Å². The Labute approximate surface area is 232 Å². The number of halogens is 2. The largest absolute Gasteiger partial charge is 0.477 e. The average molecular weight is 602 g/mol. The number of thioether (sulfide) groups is 2. The number of carboxylic acid groups (broad SMARTS) is 1. The normalized spacial score (nSPS) is 19.0. The van der Waals surface area contributed by atoms with Crippen LogP contribution in [-0.4, -0.2) is 95.1 Å². The van der Waals surface area contributed by atoms with E-state index in [0.717, 1.165) is 4.90 Å². The van der Waals surface area contributed by atoms with Crippen molar-refractivity contribution in [1.29, 1.82) is 0 Å². The molecular formula is C19H17Cl2N9O6S2. The first-order valence-corrected chi connectivity index (χ1v) is 13.2. The number of nitrogens with zero attached hydrogens (tertiary/aromatic N) is 7. The molecule has 1 saturated heterocycles. The standard InChI is InChI=1S/C19H17Cl2N9O6S2/c1-29-19(25-27-28-29)38-5-7-4-37-17-12(16(33)30(17)13(7)18(34)35)24-15(32)11(26-36-2)10-8(20)3-9(21)14(23-10)22-6-31/h3,6,12,17H,4-5H2,1-2H3,(H,24,32)(H,34,35)(H,22,23,31)/b26-11-/t12?,17-/m1/s1. The summed E-state index contributed by atoms with van der Waals surface area (Å²) in [7, 11) is 2.84. The lowest BCUT2D eigenvalue weighted by molar-refractivity contribution is -0.150. The summed E-state index contributed by atoms with van der Waals surface area (Å²) in [5.41, 5.74) is -0.189. The predicted molar refractivity (Wildman–Crippen MR) is 137 cm³/mol. The van der Waals surface area contributed by atoms with Crippen LogP contribution in [0.1, 0.15) is 5.69 Å². The Hall–Kier alpha value is -3.41. The summed E-state index contributed by atoms with van der Waals surface area (Å²) in [5, 5.41) is 29.3. The molecule has 0 saturated carbocycles. The summed E-state index contributed by atoms with van der Waals surface area (Å²) in [6.45, 7) is 0. The van der Waals surface area contributed by atoms with Crippen molar-refractivity contribution < 1.29 is 29.1 Å². The fraction of sp³-hybridized carbons (Fsp3) is 0.316. The molecule has 1 fully saturated rings. The van der Waals surface area contributed by atoms with E-state index < -0.39 is 34.9 Å². The highest BCUT2D eigenvalue weighted by Crippen LogP contribution is 2.41. The van der Waals surface area contributed by atoms with E-state index in [9.17, 15) is 24.3 Å². The Morgan fingerprint density at radius 3 is 2.79 bits per heavy atom. The molecule has 0 spiro atoms. The molecule has 15 nitrogen and oxygen atoms in total. The van der Waals surface area contributed by atoms with Crippen LogP contribution < -0.4 is 10.6 Å². The second-order valence-corrected chi connectivity index (χ2v) is 10.4. The molecule has 0 aliphatic carbocycles. The van der Waals surface area contributed by atoms with Crippen molar-refractivity contribution >= 4 is 82.4 Å². The van der Waals surface area contributed by atoms with Crippen LogP contribution in [0.4, 0.5) is 5.82 Å². The summed E-state index contributed by atoms with van der Waals surface area (Å²) >= 11 is 14.7. The number of aliphatic carboxylic acids is 1. The van der Waals surface area contributed by atoms with Gasteiger partial charge >= 0.3 is 5.97 Å². The first kappa shape index (κ1) is 27.6. The lowest BCUT2D eigenvalue weighted by Crippen LogP contribution is -2.71. The van der Waals surface area contributed by atoms with E-state index >= 15 is 0 Å². The summed E-state index contributed by atoms with van der Waals surface area (Å²) in [6, 6.07) is 0.198. The molecule has 0 aromatic carbocycles. The Kier molecular flexibility index (Phi) is 8.39. The van der Waals surface area contributed by atoms with Gasteiger partial charge in [-0.1, -0.05) is 40.1 Å². The van der Waals surface area contributed by atoms with Crippen LogP contribution in [0.3, 0.4) is 0 Å². The second kappa shape index (κ2) is 11.5. The average Bonchev–Trinajstić information content (AvgIpc) is 3.30. The van der Waals surface area contributed by atoms with E-state index in [2.05, 4.69) is 36.3 Å². The van der Waals surface area contributed by atoms with Crippen molar-refractivity contribution in [2.45, 2.75) is 16.6 Å². The molecule has 3 N–H and O–H groups in total. The molecule has 3 amide bonds. The zero-order valence-corrected chi connectivity index (χ0v) is 22.6. The zero-order valence-electron chi connectivity index (χ0n) is 19.4. The lowest BCUT2D eigenvalue weighted by atomic mass is 10.0. The number of carboxylic acids is 1. The number of amides is 3. The SMILES string of the molecule is CO/N=C(\C(=O)NC1C(=O)N2C(C(=O)O)=C(CSc3nnnn3C)CS[C@H]12)c1nc(NC=O)c(Cl)cc1Cl. The van der Waals surface area contributed by atoms with E-state index in [0.29, 0.717) is 22.9 Å². The first-order chi connectivity index (χ1) is 18.2. The molecular weight excluding hydrogens is 585 g/mol. The molecule has 2 aliphatic rings. The van der Waals surface area contributed by atoms with Crippen LogP contribution in [0.15, 0.2) is 27.6 Å². The van der Waals surface area contributed by atoms with Gasteiger partial charge < -0.3 is 20.6 Å². The highest BCUT2D eigenvalue weighted by atomic mass is 35.5. The Morgan fingerprint density at radius 1 is 1.39 bits per heavy atom. The molecule has 2 atom stereocenters. The molecule has 19 heteroatoms. The van der Waals surface area contributed by atoms with Crippen molar-refractivity contribution in [1.82, 2.24) is 35.4 Å². The molecule has 0 radical (unpaired) electrons. The number of anilines is 1. The van der Waals surface area contributed by atoms with Crippen molar-refractivity contribution in [3.05, 3.63) is 33.1 Å². The van der Waals surface area contributed by atoms with E-state index in [1.54, 1.807) is 7.05 Å². The number of aryl methyl sites for hydroxylation is 1. The maximum absolute atomic E-state index is 13.1. The maximum atomic E-state index is 13.1. The maximum Gasteiger partial charge on any atom is 0.352 e. The summed E-state index contributed by atoms with van der Waals surface area (Å²) in [4.78, 5) is 59.1. The predicted octanol–water partition coefficient (Wildman–Crippen LogP) is 0.362. The highest BCUT2D eigenvalue weighted by molar-refractivity contribution is 8.01. The topological polar surface area (TPSA) is 194 Å². The van der Waals surface area contributed by atoms with Gasteiger partial charge in [0.25, 0.3) is 11.8 Å². The van der Waals surface area contributed by atoms with Gasteiger partial charge in [0.1, 0.15) is 29.9 Å². The highest BCUT2D eigenvalue weighted by Gasteiger charge is 2.54. The number of hydrogen-bond acceptors (Lipinski definition) is 12. The lowest BCUT2D eigenvalue weighted by Gasteiger charge is -2.49. The molecule has 4 rings (SSSR count). The number of fused-ring (bicyclic) bond motifs is 1. The van der Waals surface area contributed by atoms with Gasteiger partial charge in [0.2, 0.25) is 11.6 Å². The zero-order chi connectivity index (χ0) is 27.6. The number of pyridine rings is 1. The van der Waals surface area contributed by atoms with Crippen LogP contribution in [0, 0.1) is 0 Å². The quantitative estimate of drug-likeness (QED) is 0.111. The van der Waals surface area contributed by atoms with Crippen molar-refractivity contribution in [3.8, 4) is 0 Å². The smallest absolute Gasteiger partial charge is 0.352 e. The van der Waals surface area contributed by atoms with E-state index in [4.69, 9.17) is 28.0 Å². The number of carbonyl (C=O) groups is 4. The minimum Gasteiger partial charge on any atom is -0.477 e. The second-order valence-electron chi connectivity index (χ2n) is 7.53. The van der Waals surface area contributed by atoms with Crippen molar-refractivity contribution in [2.75, 3.05) is 23.9 Å². The minimum absolute atomic E-state index is 0.0174. The number of rotatable bonds is 10. The fourth-order valence-electron chi connectivity index (χ4n) is 3.57. The number of hydrogen-bond donors (Lipinski definition) is 3. The van der Waals surface area contributed by atoms with Gasteiger partial charge in [-0.3, -0.25) is 19.3 Å². The monoisotopic (exact) mass is 601 g/mol. The molecule has 2 aromatic rings. The number of β-lactam (4-membered cyclic amide) rings is 1. The summed E-state index contributed by atoms with van der Waals surface area (Å²) in [5.74, 6) is -2.29. The van der Waals surface area contributed by atoms with Crippen LogP contribution in [0.2, 0.25) is 10.0 Å². The van der Waals surface area contributed by atoms with Gasteiger partial charge in [-0.2, -0.15) is 0 Å². The number of nitrogens with one attached hydrogen (secondary N) is 2. The number of oxime groups is 1. The van der Waals surface area contributed by atoms with Gasteiger partial charge in [0, 0.05) is 18.6 Å². The Bertz CT molecular complexity index is 1380. The van der Waals surface area contributed by atoms with E-state index in [1.807, 2.05) is 0 Å². The molecule has 2 aromatic heterocycles. The fourth-order valence-corrected chi connectivity index (χ4v) is 6.41. The van der Waals surface area contributed by atoms with Crippen LogP contribution >= 0.6 is 46.7 Å². The van der Waals surface area contributed by atoms with Crippen LogP contribution in [-0.2, 0) is 31.1 Å². The van der Waals surface area contributed by atoms with Gasteiger partial charge in [0.15, 0.2) is 11.5 Å². The van der Waals surface area contributed by atoms with Gasteiger partial charge in [0.05, 0.1) is 10.0 Å². The van der Waals surface area contributed by atoms with Crippen LogP contribution in [0.25, 0.3) is 0 Å². The first-order valence-electron chi connectivity index (χ1n) is 10.4. The minimum atomic E-state index is -1.27. The van der Waals surface area contributed by atoms with Crippen molar-refractivity contribution in [3.63, 3.8) is 0 Å². The third kappa shape index (κ3) is 5.27. The number of tetrazole rings is 1. The molecule has 38 heavy (non-hydrogen) atoms. The third-order valence-corrected chi connectivity index (χ3v) is 8.25. The molecule has 4 heterocycles. The Balaban J connectivity index is 1.54. The van der Waals surface area contributed by atoms with Gasteiger partial charge in [-0.25, -0.2) is 14.5 Å². The third-order valence-electron chi connectivity index (χ3n) is 5.24. The number of aromatic nitrogens is 5. The summed E-state index contributed by atoms with van der Waals surface area (Å²) < 4.78 is 1.45. The molecule has 1 unspecified atom stereocenters. The molecule has 0 bridgehead atoms. The van der Waals surface area contributed by atoms with Crippen LogP contribution in [0.5, 0.6) is 0 Å². The van der Waals surface area contributed by atoms with E-state index in [-0.39, 0.29) is 33.0 Å². The van der Waals surface area contributed by atoms with Gasteiger partial charge in [-0.15, -0.1) is 16.9 Å². The summed E-state index contributed by atoms with van der Waals surface area (Å²) in [6.07, 6.45) is 0.339. The number of carbonyl (C=O) groups excluding carboxylic acids is 3. The molecule has 2 aliphatic heterocycles. The Morgan fingerprint density at radius 2 is 2.16 bits per heavy atom.